The number of piperazine rings is 1. The largest absolute Gasteiger partial charge is 0.414 e. The molecular formula is C6H10F2N2O2. The van der Waals surface area contributed by atoms with E-state index in [2.05, 4.69) is 10.1 Å². The van der Waals surface area contributed by atoms with Crippen LogP contribution in [-0.4, -0.2) is 43.8 Å². The van der Waals surface area contributed by atoms with E-state index < -0.39 is 12.7 Å². The van der Waals surface area contributed by atoms with Crippen LogP contribution in [0.5, 0.6) is 0 Å². The van der Waals surface area contributed by atoms with Gasteiger partial charge in [-0.3, -0.25) is 0 Å². The van der Waals surface area contributed by atoms with Gasteiger partial charge in [-0.25, -0.2) is 4.79 Å². The normalized spacial score (nSPS) is 18.1. The summed E-state index contributed by atoms with van der Waals surface area (Å²) >= 11 is 0. The molecule has 1 aliphatic rings. The Bertz CT molecular complexity index is 160. The molecule has 1 aliphatic heterocycles. The highest BCUT2D eigenvalue weighted by Gasteiger charge is 2.20. The fourth-order valence-corrected chi connectivity index (χ4v) is 0.998. The van der Waals surface area contributed by atoms with Crippen LogP contribution < -0.4 is 5.32 Å². The average molecular weight is 180 g/mol. The summed E-state index contributed by atoms with van der Waals surface area (Å²) in [6.45, 7) is -0.930. The van der Waals surface area contributed by atoms with E-state index in [1.807, 2.05) is 0 Å². The molecule has 1 heterocycles. The summed E-state index contributed by atoms with van der Waals surface area (Å²) in [6.07, 6.45) is -0.938. The fraction of sp³-hybridized carbons (Fsp3) is 0.833. The predicted octanol–water partition coefficient (Wildman–Crippen LogP) is 0.251. The zero-order chi connectivity index (χ0) is 8.97. The van der Waals surface area contributed by atoms with Gasteiger partial charge >= 0.3 is 12.7 Å². The molecule has 0 aromatic rings. The Morgan fingerprint density at radius 3 is 2.50 bits per heavy atom. The van der Waals surface area contributed by atoms with Crippen molar-refractivity contribution >= 4 is 6.09 Å². The number of hydrogen-bond acceptors (Lipinski definition) is 3. The Morgan fingerprint density at radius 1 is 1.42 bits per heavy atom. The van der Waals surface area contributed by atoms with E-state index >= 15 is 0 Å². The highest BCUT2D eigenvalue weighted by atomic mass is 19.3. The van der Waals surface area contributed by atoms with Crippen molar-refractivity contribution in [2.24, 2.45) is 0 Å². The van der Waals surface area contributed by atoms with Crippen molar-refractivity contribution in [2.75, 3.05) is 26.2 Å². The molecule has 0 aliphatic carbocycles. The van der Waals surface area contributed by atoms with Crippen molar-refractivity contribution in [3.63, 3.8) is 0 Å². The van der Waals surface area contributed by atoms with Gasteiger partial charge in [0.15, 0.2) is 0 Å². The van der Waals surface area contributed by atoms with Crippen molar-refractivity contribution in [3.05, 3.63) is 0 Å². The first-order valence-corrected chi connectivity index (χ1v) is 3.64. The molecule has 0 radical (unpaired) electrons. The quantitative estimate of drug-likeness (QED) is 0.629. The standard InChI is InChI=1S/C6H10F2N2O2/c7-5(8)12-6(11)10-3-1-9-2-4-10/h5,9H,1-4H2. The fourth-order valence-electron chi connectivity index (χ4n) is 0.998. The van der Waals surface area contributed by atoms with Crippen molar-refractivity contribution in [2.45, 2.75) is 6.61 Å². The van der Waals surface area contributed by atoms with Gasteiger partial charge in [-0.2, -0.15) is 8.78 Å². The Hall–Kier alpha value is -0.910. The summed E-state index contributed by atoms with van der Waals surface area (Å²) in [4.78, 5) is 12.1. The summed E-state index contributed by atoms with van der Waals surface area (Å²) in [7, 11) is 0. The van der Waals surface area contributed by atoms with Crippen molar-refractivity contribution < 1.29 is 18.3 Å². The van der Waals surface area contributed by atoms with Crippen molar-refractivity contribution in [1.29, 1.82) is 0 Å². The van der Waals surface area contributed by atoms with Gasteiger partial charge in [-0.1, -0.05) is 0 Å². The molecule has 6 heteroatoms. The van der Waals surface area contributed by atoms with Crippen LogP contribution in [0.3, 0.4) is 0 Å². The maximum Gasteiger partial charge on any atom is 0.414 e. The number of alkyl halides is 2. The Labute approximate surface area is 68.5 Å². The molecule has 1 fully saturated rings. The summed E-state index contributed by atoms with van der Waals surface area (Å²) in [5.41, 5.74) is 0. The van der Waals surface area contributed by atoms with Gasteiger partial charge in [0.1, 0.15) is 0 Å². The van der Waals surface area contributed by atoms with Gasteiger partial charge in [0, 0.05) is 26.2 Å². The number of carbonyl (C=O) groups is 1. The smallest absolute Gasteiger partial charge is 0.386 e. The molecule has 4 nitrogen and oxygen atoms in total. The van der Waals surface area contributed by atoms with E-state index in [1.54, 1.807) is 0 Å². The van der Waals surface area contributed by atoms with Crippen LogP contribution in [0, 0.1) is 0 Å². The minimum absolute atomic E-state index is 0.422. The van der Waals surface area contributed by atoms with Gasteiger partial charge in [-0.05, 0) is 0 Å². The van der Waals surface area contributed by atoms with Crippen LogP contribution in [0.15, 0.2) is 0 Å². The lowest BCUT2D eigenvalue weighted by Gasteiger charge is -2.26. The third kappa shape index (κ3) is 2.61. The van der Waals surface area contributed by atoms with Crippen molar-refractivity contribution in [1.82, 2.24) is 10.2 Å². The van der Waals surface area contributed by atoms with E-state index in [4.69, 9.17) is 0 Å². The molecule has 0 atom stereocenters. The lowest BCUT2D eigenvalue weighted by Crippen LogP contribution is -2.46. The zero-order valence-corrected chi connectivity index (χ0v) is 6.43. The van der Waals surface area contributed by atoms with Gasteiger partial charge in [0.2, 0.25) is 0 Å². The van der Waals surface area contributed by atoms with Crippen LogP contribution in [0.25, 0.3) is 0 Å². The molecule has 1 rings (SSSR count). The number of amides is 1. The van der Waals surface area contributed by atoms with Crippen LogP contribution in [-0.2, 0) is 4.74 Å². The van der Waals surface area contributed by atoms with Crippen molar-refractivity contribution in [3.8, 4) is 0 Å². The third-order valence-electron chi connectivity index (χ3n) is 1.57. The van der Waals surface area contributed by atoms with Crippen LogP contribution in [0.1, 0.15) is 0 Å². The average Bonchev–Trinajstić information content (AvgIpc) is 2.05. The molecule has 1 saturated heterocycles. The van der Waals surface area contributed by atoms with Gasteiger partial charge in [-0.15, -0.1) is 0 Å². The second-order valence-electron chi connectivity index (χ2n) is 2.38. The summed E-state index contributed by atoms with van der Waals surface area (Å²) in [6, 6.07) is 0. The molecule has 0 aromatic heterocycles. The first-order chi connectivity index (χ1) is 5.70. The summed E-state index contributed by atoms with van der Waals surface area (Å²) in [5.74, 6) is 0. The molecular weight excluding hydrogens is 170 g/mol. The van der Waals surface area contributed by atoms with E-state index in [-0.39, 0.29) is 0 Å². The molecule has 70 valence electrons. The minimum Gasteiger partial charge on any atom is -0.386 e. The third-order valence-corrected chi connectivity index (χ3v) is 1.57. The van der Waals surface area contributed by atoms with Crippen LogP contribution >= 0.6 is 0 Å². The molecule has 1 amide bonds. The molecule has 0 unspecified atom stereocenters. The highest BCUT2D eigenvalue weighted by molar-refractivity contribution is 5.67. The number of nitrogens with one attached hydrogen (secondary N) is 1. The van der Waals surface area contributed by atoms with Crippen LogP contribution in [0.2, 0.25) is 0 Å². The Balaban J connectivity index is 2.30. The SMILES string of the molecule is O=C(OC(F)F)N1CCNCC1. The predicted molar refractivity (Wildman–Crippen MR) is 36.9 cm³/mol. The molecule has 0 spiro atoms. The second kappa shape index (κ2) is 4.20. The Kier molecular flexibility index (Phi) is 3.21. The number of nitrogens with zero attached hydrogens (tertiary/aromatic N) is 1. The first kappa shape index (κ1) is 9.18. The monoisotopic (exact) mass is 180 g/mol. The maximum atomic E-state index is 11.6. The number of halogens is 2. The van der Waals surface area contributed by atoms with E-state index in [1.165, 1.54) is 4.90 Å². The van der Waals surface area contributed by atoms with E-state index in [0.717, 1.165) is 0 Å². The second-order valence-corrected chi connectivity index (χ2v) is 2.38. The zero-order valence-electron chi connectivity index (χ0n) is 6.43. The first-order valence-electron chi connectivity index (χ1n) is 3.64. The van der Waals surface area contributed by atoms with Gasteiger partial charge in [0.05, 0.1) is 0 Å². The van der Waals surface area contributed by atoms with Gasteiger partial charge in [0.25, 0.3) is 0 Å². The highest BCUT2D eigenvalue weighted by Crippen LogP contribution is 2.01. The molecule has 0 aromatic carbocycles. The van der Waals surface area contributed by atoms with Gasteiger partial charge < -0.3 is 15.0 Å². The Morgan fingerprint density at radius 2 is 2.00 bits per heavy atom. The van der Waals surface area contributed by atoms with E-state index in [9.17, 15) is 13.6 Å². The summed E-state index contributed by atoms with van der Waals surface area (Å²) in [5, 5.41) is 2.99. The van der Waals surface area contributed by atoms with Crippen LogP contribution in [0.4, 0.5) is 13.6 Å². The minimum atomic E-state index is -3.02. The topological polar surface area (TPSA) is 41.6 Å². The summed E-state index contributed by atoms with van der Waals surface area (Å²) < 4.78 is 26.8. The maximum absolute atomic E-state index is 11.6. The lowest BCUT2D eigenvalue weighted by molar-refractivity contribution is -0.0925. The molecule has 12 heavy (non-hydrogen) atoms. The lowest BCUT2D eigenvalue weighted by atomic mass is 10.4. The number of carbonyl (C=O) groups excluding carboxylic acids is 1. The molecule has 1 N–H and O–H groups in total. The molecule has 0 saturated carbocycles. The molecule has 0 bridgehead atoms. The van der Waals surface area contributed by atoms with E-state index in [0.29, 0.717) is 26.2 Å². The number of hydrogen-bond donors (Lipinski definition) is 1. The number of ether oxygens (including phenoxy) is 1. The number of rotatable bonds is 1.